The van der Waals surface area contributed by atoms with Crippen molar-refractivity contribution in [3.8, 4) is 22.3 Å². The number of anilines is 2. The maximum atomic E-state index is 3.46. The van der Waals surface area contributed by atoms with Crippen molar-refractivity contribution in [3.63, 3.8) is 0 Å². The summed E-state index contributed by atoms with van der Waals surface area (Å²) in [5.41, 5.74) is 7.11. The molecule has 4 aromatic carbocycles. The molecular weight excluding hydrogens is 390 g/mol. The van der Waals surface area contributed by atoms with E-state index >= 15 is 0 Å². The standard InChI is InChI=1S/C24H19N.C2H6.H2S2/c1-3-7-19(8-4-1)21-11-15-23(16-12-21)25-24-17-13-22(14-18-24)20-9-5-2-6-10-20;2*1-2/h1-18,25H;1-2H3;1-2H. The zero-order chi connectivity index (χ0) is 20.9. The van der Waals surface area contributed by atoms with Crippen molar-refractivity contribution in [1.82, 2.24) is 0 Å². The van der Waals surface area contributed by atoms with Gasteiger partial charge in [0.1, 0.15) is 0 Å². The second kappa shape index (κ2) is 12.8. The maximum Gasteiger partial charge on any atom is 0.0384 e. The highest BCUT2D eigenvalue weighted by atomic mass is 33.1. The van der Waals surface area contributed by atoms with E-state index in [0.29, 0.717) is 0 Å². The quantitative estimate of drug-likeness (QED) is 0.223. The van der Waals surface area contributed by atoms with Crippen molar-refractivity contribution in [1.29, 1.82) is 0 Å². The molecule has 0 aliphatic rings. The summed E-state index contributed by atoms with van der Waals surface area (Å²) in [7, 11) is 0. The average molecular weight is 418 g/mol. The molecule has 0 amide bonds. The molecule has 3 heteroatoms. The SMILES string of the molecule is CC.SS.c1ccc(-c2ccc(Nc3ccc(-c4ccccc4)cc3)cc2)cc1. The number of hydrogen-bond donors (Lipinski definition) is 3. The molecule has 1 N–H and O–H groups in total. The summed E-state index contributed by atoms with van der Waals surface area (Å²) in [4.78, 5) is 0. The van der Waals surface area contributed by atoms with Gasteiger partial charge in [0.05, 0.1) is 0 Å². The molecule has 0 aliphatic heterocycles. The van der Waals surface area contributed by atoms with Crippen LogP contribution in [0.3, 0.4) is 0 Å². The Bertz CT molecular complexity index is 854. The van der Waals surface area contributed by atoms with Crippen molar-refractivity contribution < 1.29 is 0 Å². The Hall–Kier alpha value is -2.62. The third kappa shape index (κ3) is 6.74. The average Bonchev–Trinajstić information content (AvgIpc) is 2.84. The van der Waals surface area contributed by atoms with E-state index in [2.05, 4.69) is 126 Å². The second-order valence-corrected chi connectivity index (χ2v) is 6.01. The van der Waals surface area contributed by atoms with Gasteiger partial charge >= 0.3 is 0 Å². The van der Waals surface area contributed by atoms with Gasteiger partial charge in [0, 0.05) is 11.4 Å². The van der Waals surface area contributed by atoms with E-state index in [4.69, 9.17) is 0 Å². The Morgan fingerprint density at radius 3 is 1.00 bits per heavy atom. The summed E-state index contributed by atoms with van der Waals surface area (Å²) in [5.74, 6) is 0. The number of benzene rings is 4. The van der Waals surface area contributed by atoms with Gasteiger partial charge in [-0.15, -0.1) is 23.3 Å². The number of thiol groups is 2. The summed E-state index contributed by atoms with van der Waals surface area (Å²) in [5, 5.41) is 3.46. The molecule has 0 radical (unpaired) electrons. The van der Waals surface area contributed by atoms with Crippen LogP contribution >= 0.6 is 23.3 Å². The third-order valence-electron chi connectivity index (χ3n) is 4.27. The summed E-state index contributed by atoms with van der Waals surface area (Å²) in [6.45, 7) is 4.00. The van der Waals surface area contributed by atoms with Crippen LogP contribution in [0.2, 0.25) is 0 Å². The molecular formula is C26H27NS2. The molecule has 0 aliphatic carbocycles. The third-order valence-corrected chi connectivity index (χ3v) is 4.27. The van der Waals surface area contributed by atoms with E-state index in [9.17, 15) is 0 Å². The minimum absolute atomic E-state index is 1.09. The van der Waals surface area contributed by atoms with Crippen LogP contribution in [0.25, 0.3) is 22.3 Å². The Labute approximate surface area is 185 Å². The lowest BCUT2D eigenvalue weighted by molar-refractivity contribution is 1.50. The van der Waals surface area contributed by atoms with Crippen molar-refractivity contribution in [3.05, 3.63) is 109 Å². The largest absolute Gasteiger partial charge is 0.356 e. The first-order valence-corrected chi connectivity index (χ1v) is 11.3. The van der Waals surface area contributed by atoms with E-state index in [1.165, 1.54) is 22.3 Å². The molecule has 0 spiro atoms. The summed E-state index contributed by atoms with van der Waals surface area (Å²) >= 11 is 6.44. The molecule has 0 atom stereocenters. The molecule has 0 saturated heterocycles. The highest BCUT2D eigenvalue weighted by molar-refractivity contribution is 8.59. The molecule has 148 valence electrons. The van der Waals surface area contributed by atoms with E-state index in [-0.39, 0.29) is 0 Å². The summed E-state index contributed by atoms with van der Waals surface area (Å²) in [6.07, 6.45) is 0. The van der Waals surface area contributed by atoms with Gasteiger partial charge in [-0.3, -0.25) is 0 Å². The van der Waals surface area contributed by atoms with Crippen LogP contribution in [0, 0.1) is 0 Å². The first-order chi connectivity index (χ1) is 14.4. The fourth-order valence-corrected chi connectivity index (χ4v) is 2.92. The molecule has 0 fully saturated rings. The molecule has 4 rings (SSSR count). The van der Waals surface area contributed by atoms with Crippen molar-refractivity contribution in [2.24, 2.45) is 0 Å². The highest BCUT2D eigenvalue weighted by Crippen LogP contribution is 2.25. The smallest absolute Gasteiger partial charge is 0.0384 e. The van der Waals surface area contributed by atoms with Crippen LogP contribution in [-0.4, -0.2) is 0 Å². The molecule has 1 nitrogen and oxygen atoms in total. The monoisotopic (exact) mass is 417 g/mol. The molecule has 29 heavy (non-hydrogen) atoms. The van der Waals surface area contributed by atoms with E-state index < -0.39 is 0 Å². The second-order valence-electron chi connectivity index (χ2n) is 6.01. The van der Waals surface area contributed by atoms with Gasteiger partial charge < -0.3 is 5.32 Å². The normalized spacial score (nSPS) is 9.38. The fourth-order valence-electron chi connectivity index (χ4n) is 2.92. The van der Waals surface area contributed by atoms with Crippen LogP contribution in [0.15, 0.2) is 109 Å². The van der Waals surface area contributed by atoms with Gasteiger partial charge in [0.15, 0.2) is 0 Å². The Balaban J connectivity index is 0.000000707. The number of hydrogen-bond acceptors (Lipinski definition) is 3. The Morgan fingerprint density at radius 2 is 0.690 bits per heavy atom. The van der Waals surface area contributed by atoms with Crippen molar-refractivity contribution in [2.45, 2.75) is 13.8 Å². The Morgan fingerprint density at radius 1 is 0.414 bits per heavy atom. The lowest BCUT2D eigenvalue weighted by Crippen LogP contribution is -1.90. The molecule has 0 heterocycles. The van der Waals surface area contributed by atoms with Gasteiger partial charge in [-0.1, -0.05) is 98.8 Å². The van der Waals surface area contributed by atoms with Crippen LogP contribution in [0.1, 0.15) is 13.8 Å². The van der Waals surface area contributed by atoms with Crippen LogP contribution in [-0.2, 0) is 0 Å². The zero-order valence-electron chi connectivity index (χ0n) is 16.8. The van der Waals surface area contributed by atoms with Crippen LogP contribution in [0.5, 0.6) is 0 Å². The maximum absolute atomic E-state index is 3.46. The van der Waals surface area contributed by atoms with Crippen molar-refractivity contribution >= 4 is 34.7 Å². The lowest BCUT2D eigenvalue weighted by Gasteiger charge is -2.09. The van der Waals surface area contributed by atoms with Gasteiger partial charge in [0.25, 0.3) is 0 Å². The molecule has 0 saturated carbocycles. The predicted octanol–water partition coefficient (Wildman–Crippen LogP) is 8.55. The van der Waals surface area contributed by atoms with Gasteiger partial charge in [-0.2, -0.15) is 0 Å². The fraction of sp³-hybridized carbons (Fsp3) is 0.0769. The number of rotatable bonds is 4. The summed E-state index contributed by atoms with van der Waals surface area (Å²) < 4.78 is 0. The minimum Gasteiger partial charge on any atom is -0.356 e. The van der Waals surface area contributed by atoms with E-state index in [0.717, 1.165) is 11.4 Å². The molecule has 4 aromatic rings. The van der Waals surface area contributed by atoms with E-state index in [1.54, 1.807) is 0 Å². The first-order valence-electron chi connectivity index (χ1n) is 9.66. The predicted molar refractivity (Wildman–Crippen MR) is 136 cm³/mol. The van der Waals surface area contributed by atoms with Crippen molar-refractivity contribution in [2.75, 3.05) is 5.32 Å². The molecule has 0 bridgehead atoms. The minimum atomic E-state index is 1.09. The molecule has 0 unspecified atom stereocenters. The summed E-state index contributed by atoms with van der Waals surface area (Å²) in [6, 6.07) is 37.9. The van der Waals surface area contributed by atoms with Crippen LogP contribution < -0.4 is 5.32 Å². The zero-order valence-corrected chi connectivity index (χ0v) is 18.6. The van der Waals surface area contributed by atoms with Gasteiger partial charge in [0.2, 0.25) is 0 Å². The Kier molecular flexibility index (Phi) is 9.98. The van der Waals surface area contributed by atoms with Crippen LogP contribution in [0.4, 0.5) is 11.4 Å². The molecule has 0 aromatic heterocycles. The topological polar surface area (TPSA) is 12.0 Å². The number of nitrogens with one attached hydrogen (secondary N) is 1. The van der Waals surface area contributed by atoms with Gasteiger partial charge in [-0.25, -0.2) is 0 Å². The highest BCUT2D eigenvalue weighted by Gasteiger charge is 2.00. The first kappa shape index (κ1) is 22.7. The lowest BCUT2D eigenvalue weighted by atomic mass is 10.0. The van der Waals surface area contributed by atoms with E-state index in [1.807, 2.05) is 26.0 Å². The van der Waals surface area contributed by atoms with Gasteiger partial charge in [-0.05, 0) is 46.5 Å².